The SMILES string of the molecule is O=C(NC1CCCCCC1)c1nc(C(=O)NCc2cccnc2)n2ccccc12. The van der Waals surface area contributed by atoms with Gasteiger partial charge < -0.3 is 10.6 Å². The summed E-state index contributed by atoms with van der Waals surface area (Å²) in [7, 11) is 0. The number of rotatable bonds is 5. The van der Waals surface area contributed by atoms with E-state index in [2.05, 4.69) is 20.6 Å². The maximum absolute atomic E-state index is 12.9. The van der Waals surface area contributed by atoms with Crippen molar-refractivity contribution in [1.29, 1.82) is 0 Å². The molecule has 3 aromatic rings. The average molecular weight is 391 g/mol. The molecule has 3 heterocycles. The van der Waals surface area contributed by atoms with Crippen LogP contribution in [-0.4, -0.2) is 32.2 Å². The number of hydrogen-bond acceptors (Lipinski definition) is 4. The van der Waals surface area contributed by atoms with Gasteiger partial charge in [0.25, 0.3) is 11.8 Å². The van der Waals surface area contributed by atoms with Crippen molar-refractivity contribution in [2.24, 2.45) is 0 Å². The zero-order chi connectivity index (χ0) is 20.1. The first-order chi connectivity index (χ1) is 14.2. The van der Waals surface area contributed by atoms with Crippen LogP contribution in [0.3, 0.4) is 0 Å². The van der Waals surface area contributed by atoms with E-state index in [-0.39, 0.29) is 23.7 Å². The molecule has 29 heavy (non-hydrogen) atoms. The fourth-order valence-corrected chi connectivity index (χ4v) is 3.81. The molecule has 7 nitrogen and oxygen atoms in total. The molecule has 1 aliphatic carbocycles. The topological polar surface area (TPSA) is 88.4 Å². The summed E-state index contributed by atoms with van der Waals surface area (Å²) in [5.74, 6) is -0.342. The van der Waals surface area contributed by atoms with Crippen LogP contribution < -0.4 is 10.6 Å². The van der Waals surface area contributed by atoms with Crippen molar-refractivity contribution in [3.8, 4) is 0 Å². The molecule has 1 fully saturated rings. The highest BCUT2D eigenvalue weighted by atomic mass is 16.2. The van der Waals surface area contributed by atoms with E-state index in [4.69, 9.17) is 0 Å². The largest absolute Gasteiger partial charge is 0.348 e. The number of nitrogens with zero attached hydrogens (tertiary/aromatic N) is 3. The molecule has 4 rings (SSSR count). The molecule has 0 atom stereocenters. The van der Waals surface area contributed by atoms with Crippen molar-refractivity contribution in [1.82, 2.24) is 25.0 Å². The van der Waals surface area contributed by atoms with E-state index < -0.39 is 0 Å². The van der Waals surface area contributed by atoms with Gasteiger partial charge in [0.2, 0.25) is 5.82 Å². The molecule has 7 heteroatoms. The van der Waals surface area contributed by atoms with E-state index >= 15 is 0 Å². The van der Waals surface area contributed by atoms with Crippen molar-refractivity contribution in [3.05, 3.63) is 66.0 Å². The molecule has 0 bridgehead atoms. The van der Waals surface area contributed by atoms with E-state index in [1.54, 1.807) is 23.0 Å². The van der Waals surface area contributed by atoms with Gasteiger partial charge in [-0.15, -0.1) is 0 Å². The third kappa shape index (κ3) is 4.45. The third-order valence-electron chi connectivity index (χ3n) is 5.33. The maximum atomic E-state index is 12.9. The van der Waals surface area contributed by atoms with Gasteiger partial charge in [0, 0.05) is 31.2 Å². The van der Waals surface area contributed by atoms with Crippen LogP contribution in [0.2, 0.25) is 0 Å². The van der Waals surface area contributed by atoms with Crippen molar-refractivity contribution < 1.29 is 9.59 Å². The number of hydrogen-bond donors (Lipinski definition) is 2. The lowest BCUT2D eigenvalue weighted by Crippen LogP contribution is -2.34. The van der Waals surface area contributed by atoms with Gasteiger partial charge in [0.05, 0.1) is 5.52 Å². The zero-order valence-electron chi connectivity index (χ0n) is 16.3. The van der Waals surface area contributed by atoms with Gasteiger partial charge in [-0.3, -0.25) is 19.0 Å². The summed E-state index contributed by atoms with van der Waals surface area (Å²) in [5, 5.41) is 5.98. The second-order valence-corrected chi connectivity index (χ2v) is 7.45. The average Bonchev–Trinajstić information content (AvgIpc) is 2.96. The number of aromatic nitrogens is 3. The number of imidazole rings is 1. The second kappa shape index (κ2) is 8.86. The molecule has 0 aliphatic heterocycles. The quantitative estimate of drug-likeness (QED) is 0.654. The van der Waals surface area contributed by atoms with Gasteiger partial charge in [-0.25, -0.2) is 4.98 Å². The highest BCUT2D eigenvalue weighted by molar-refractivity contribution is 6.02. The van der Waals surface area contributed by atoms with Crippen LogP contribution in [0.15, 0.2) is 48.9 Å². The maximum Gasteiger partial charge on any atom is 0.287 e. The normalized spacial score (nSPS) is 15.0. The number of nitrogens with one attached hydrogen (secondary N) is 2. The zero-order valence-corrected chi connectivity index (χ0v) is 16.3. The summed E-state index contributed by atoms with van der Waals surface area (Å²) in [5.41, 5.74) is 1.82. The summed E-state index contributed by atoms with van der Waals surface area (Å²) in [6.07, 6.45) is 11.9. The van der Waals surface area contributed by atoms with E-state index in [1.807, 2.05) is 30.3 Å². The number of carbonyl (C=O) groups is 2. The van der Waals surface area contributed by atoms with E-state index in [0.717, 1.165) is 31.2 Å². The molecular weight excluding hydrogens is 366 g/mol. The molecule has 0 unspecified atom stereocenters. The molecule has 0 aromatic carbocycles. The predicted octanol–water partition coefficient (Wildman–Crippen LogP) is 3.11. The molecule has 2 amide bonds. The number of pyridine rings is 2. The van der Waals surface area contributed by atoms with Gasteiger partial charge in [-0.05, 0) is 36.6 Å². The van der Waals surface area contributed by atoms with Gasteiger partial charge in [0.1, 0.15) is 0 Å². The molecule has 150 valence electrons. The Kier molecular flexibility index (Phi) is 5.84. The minimum absolute atomic E-state index is 0.174. The minimum atomic E-state index is -0.330. The van der Waals surface area contributed by atoms with E-state index in [1.165, 1.54) is 12.8 Å². The van der Waals surface area contributed by atoms with Crippen LogP contribution >= 0.6 is 0 Å². The molecule has 1 aliphatic rings. The summed E-state index contributed by atoms with van der Waals surface area (Å²) in [6.45, 7) is 0.345. The predicted molar refractivity (Wildman–Crippen MR) is 110 cm³/mol. The fourth-order valence-electron chi connectivity index (χ4n) is 3.81. The van der Waals surface area contributed by atoms with Crippen molar-refractivity contribution >= 4 is 17.3 Å². The molecule has 0 spiro atoms. The second-order valence-electron chi connectivity index (χ2n) is 7.45. The van der Waals surface area contributed by atoms with Gasteiger partial charge in [-0.1, -0.05) is 37.8 Å². The molecule has 0 radical (unpaired) electrons. The Labute approximate surface area is 169 Å². The summed E-state index contributed by atoms with van der Waals surface area (Å²) in [6, 6.07) is 9.36. The van der Waals surface area contributed by atoms with Crippen molar-refractivity contribution in [2.75, 3.05) is 0 Å². The number of amides is 2. The van der Waals surface area contributed by atoms with Crippen LogP contribution in [0, 0.1) is 0 Å². The Bertz CT molecular complexity index is 991. The lowest BCUT2D eigenvalue weighted by Gasteiger charge is -2.15. The fraction of sp³-hybridized carbons (Fsp3) is 0.364. The highest BCUT2D eigenvalue weighted by Gasteiger charge is 2.23. The number of carbonyl (C=O) groups excluding carboxylic acids is 2. The minimum Gasteiger partial charge on any atom is -0.348 e. The Hall–Kier alpha value is -3.22. The summed E-state index contributed by atoms with van der Waals surface area (Å²) in [4.78, 5) is 34.1. The monoisotopic (exact) mass is 391 g/mol. The van der Waals surface area contributed by atoms with E-state index in [9.17, 15) is 9.59 Å². The molecule has 1 saturated carbocycles. The Morgan fingerprint density at radius 1 is 1.03 bits per heavy atom. The first-order valence-electron chi connectivity index (χ1n) is 10.2. The standard InChI is InChI=1S/C22H25N5O2/c28-21(25-17-9-3-1-2-4-10-17)19-18-11-5-6-13-27(18)20(26-19)22(29)24-15-16-8-7-12-23-14-16/h5-8,11-14,17H,1-4,9-10,15H2,(H,24,29)(H,25,28). The van der Waals surface area contributed by atoms with Gasteiger partial charge in [0.15, 0.2) is 5.69 Å². The smallest absolute Gasteiger partial charge is 0.287 e. The van der Waals surface area contributed by atoms with Crippen LogP contribution in [0.25, 0.3) is 5.52 Å². The Morgan fingerprint density at radius 3 is 2.62 bits per heavy atom. The number of fused-ring (bicyclic) bond motifs is 1. The van der Waals surface area contributed by atoms with Gasteiger partial charge in [-0.2, -0.15) is 0 Å². The van der Waals surface area contributed by atoms with Crippen LogP contribution in [0.5, 0.6) is 0 Å². The first-order valence-corrected chi connectivity index (χ1v) is 10.2. The van der Waals surface area contributed by atoms with Crippen LogP contribution in [-0.2, 0) is 6.54 Å². The van der Waals surface area contributed by atoms with Crippen LogP contribution in [0.1, 0.15) is 65.2 Å². The molecular formula is C22H25N5O2. The molecule has 2 N–H and O–H groups in total. The highest BCUT2D eigenvalue weighted by Crippen LogP contribution is 2.19. The molecule has 0 saturated heterocycles. The van der Waals surface area contributed by atoms with Crippen molar-refractivity contribution in [2.45, 2.75) is 51.1 Å². The molecule has 3 aromatic heterocycles. The summed E-state index contributed by atoms with van der Waals surface area (Å²) >= 11 is 0. The van der Waals surface area contributed by atoms with Crippen LogP contribution in [0.4, 0.5) is 0 Å². The summed E-state index contributed by atoms with van der Waals surface area (Å²) < 4.78 is 1.67. The lowest BCUT2D eigenvalue weighted by atomic mass is 10.1. The van der Waals surface area contributed by atoms with E-state index in [0.29, 0.717) is 17.8 Å². The first kappa shape index (κ1) is 19.1. The Morgan fingerprint density at radius 2 is 1.86 bits per heavy atom. The Balaban J connectivity index is 1.54. The van der Waals surface area contributed by atoms with Gasteiger partial charge >= 0.3 is 0 Å². The third-order valence-corrected chi connectivity index (χ3v) is 5.33. The lowest BCUT2D eigenvalue weighted by molar-refractivity contribution is 0.0930. The van der Waals surface area contributed by atoms with Crippen molar-refractivity contribution in [3.63, 3.8) is 0 Å².